The van der Waals surface area contributed by atoms with Crippen LogP contribution in [0.25, 0.3) is 0 Å². The van der Waals surface area contributed by atoms with Gasteiger partial charge in [0.2, 0.25) is 0 Å². The zero-order valence-corrected chi connectivity index (χ0v) is 11.6. The van der Waals surface area contributed by atoms with E-state index in [1.54, 1.807) is 19.1 Å². The average Bonchev–Trinajstić information content (AvgIpc) is 2.39. The summed E-state index contributed by atoms with van der Waals surface area (Å²) >= 11 is 0. The number of ether oxygens (including phenoxy) is 1. The third-order valence-corrected chi connectivity index (χ3v) is 4.41. The van der Waals surface area contributed by atoms with Crippen molar-refractivity contribution in [1.29, 1.82) is 0 Å². The van der Waals surface area contributed by atoms with E-state index >= 15 is 0 Å². The van der Waals surface area contributed by atoms with Crippen LogP contribution in [0.15, 0.2) is 24.3 Å². The molecule has 0 spiro atoms. The van der Waals surface area contributed by atoms with Gasteiger partial charge in [-0.15, -0.1) is 0 Å². The summed E-state index contributed by atoms with van der Waals surface area (Å²) in [6.45, 7) is 1.76. The summed E-state index contributed by atoms with van der Waals surface area (Å²) in [5, 5.41) is 8.19. The normalized spacial score (nSPS) is 13.6. The van der Waals surface area contributed by atoms with Crippen LogP contribution in [0.3, 0.4) is 0 Å². The van der Waals surface area contributed by atoms with Crippen LogP contribution in [0.4, 0.5) is 0 Å². The first-order chi connectivity index (χ1) is 8.99. The lowest BCUT2D eigenvalue weighted by molar-refractivity contribution is -0.140. The van der Waals surface area contributed by atoms with Gasteiger partial charge < -0.3 is 9.84 Å². The van der Waals surface area contributed by atoms with E-state index in [4.69, 9.17) is 5.11 Å². The van der Waals surface area contributed by atoms with Crippen LogP contribution in [-0.4, -0.2) is 33.6 Å². The maximum absolute atomic E-state index is 12.1. The van der Waals surface area contributed by atoms with Crippen molar-refractivity contribution in [1.82, 2.24) is 0 Å². The van der Waals surface area contributed by atoms with E-state index in [-0.39, 0.29) is 11.3 Å². The molecular weight excluding hydrogens is 268 g/mol. The quantitative estimate of drug-likeness (QED) is 0.802. The van der Waals surface area contributed by atoms with Crippen molar-refractivity contribution in [2.45, 2.75) is 24.3 Å². The van der Waals surface area contributed by atoms with Crippen molar-refractivity contribution in [2.75, 3.05) is 7.11 Å². The molecule has 1 N–H and O–H groups in total. The van der Waals surface area contributed by atoms with Gasteiger partial charge >= 0.3 is 11.9 Å². The number of carboxylic acid groups (broad SMARTS) is 1. The molecular formula is C13H16O5S. The molecule has 6 heteroatoms. The van der Waals surface area contributed by atoms with Gasteiger partial charge in [-0.1, -0.05) is 19.1 Å². The lowest BCUT2D eigenvalue weighted by Crippen LogP contribution is -2.27. The fourth-order valence-corrected chi connectivity index (χ4v) is 3.04. The minimum atomic E-state index is -1.43. The number of esters is 1. The second-order valence-corrected chi connectivity index (χ2v) is 5.57. The molecule has 0 saturated heterocycles. The molecule has 0 aromatic heterocycles. The fourth-order valence-electron chi connectivity index (χ4n) is 1.65. The summed E-state index contributed by atoms with van der Waals surface area (Å²) in [5.74, 6) is -1.41. The first kappa shape index (κ1) is 15.4. The molecule has 0 heterocycles. The highest BCUT2D eigenvalue weighted by molar-refractivity contribution is 7.85. The van der Waals surface area contributed by atoms with Gasteiger partial charge in [-0.05, 0) is 24.1 Å². The fraction of sp³-hybridized carbons (Fsp3) is 0.385. The lowest BCUT2D eigenvalue weighted by Gasteiger charge is -2.12. The zero-order chi connectivity index (χ0) is 14.4. The third-order valence-electron chi connectivity index (χ3n) is 2.64. The highest BCUT2D eigenvalue weighted by Crippen LogP contribution is 2.13. The third kappa shape index (κ3) is 4.17. The molecule has 5 nitrogen and oxygen atoms in total. The largest absolute Gasteiger partial charge is 0.478 e. The van der Waals surface area contributed by atoms with Crippen molar-refractivity contribution < 1.29 is 23.6 Å². The molecule has 104 valence electrons. The standard InChI is InChI=1S/C13H16O5S/c1-3-11(13(16)18-2)19(17)8-9-5-4-6-10(7-9)12(14)15/h4-7,11H,3,8H2,1-2H3,(H,14,15). The second-order valence-electron chi connectivity index (χ2n) is 3.95. The van der Waals surface area contributed by atoms with E-state index in [1.807, 2.05) is 0 Å². The van der Waals surface area contributed by atoms with E-state index in [1.165, 1.54) is 19.2 Å². The minimum absolute atomic E-state index is 0.134. The van der Waals surface area contributed by atoms with Crippen molar-refractivity contribution in [2.24, 2.45) is 0 Å². The Bertz CT molecular complexity index is 498. The molecule has 2 atom stereocenters. The summed E-state index contributed by atoms with van der Waals surface area (Å²) in [6.07, 6.45) is 0.415. The smallest absolute Gasteiger partial charge is 0.335 e. The number of benzene rings is 1. The van der Waals surface area contributed by atoms with Crippen LogP contribution in [-0.2, 0) is 26.1 Å². The molecule has 0 aliphatic heterocycles. The molecule has 0 bridgehead atoms. The van der Waals surface area contributed by atoms with Crippen LogP contribution >= 0.6 is 0 Å². The highest BCUT2D eigenvalue weighted by atomic mass is 32.2. The molecule has 0 aliphatic rings. The van der Waals surface area contributed by atoms with Crippen molar-refractivity contribution >= 4 is 22.7 Å². The van der Waals surface area contributed by atoms with Crippen LogP contribution in [0.2, 0.25) is 0 Å². The molecule has 19 heavy (non-hydrogen) atoms. The summed E-state index contributed by atoms with van der Waals surface area (Å²) in [4.78, 5) is 22.3. The van der Waals surface area contributed by atoms with Crippen LogP contribution < -0.4 is 0 Å². The van der Waals surface area contributed by atoms with E-state index in [0.717, 1.165) is 0 Å². The Labute approximate surface area is 114 Å². The van der Waals surface area contributed by atoms with Gasteiger partial charge in [0.1, 0.15) is 5.25 Å². The number of aromatic carboxylic acids is 1. The van der Waals surface area contributed by atoms with Crippen molar-refractivity contribution in [3.8, 4) is 0 Å². The van der Waals surface area contributed by atoms with Gasteiger partial charge in [-0.25, -0.2) is 4.79 Å². The number of carboxylic acids is 1. The maximum atomic E-state index is 12.1. The number of carbonyl (C=O) groups excluding carboxylic acids is 1. The molecule has 1 aromatic carbocycles. The Morgan fingerprint density at radius 2 is 2.11 bits per heavy atom. The Morgan fingerprint density at radius 3 is 2.63 bits per heavy atom. The molecule has 0 fully saturated rings. The molecule has 0 radical (unpaired) electrons. The Hall–Kier alpha value is -1.69. The van der Waals surface area contributed by atoms with Crippen molar-refractivity contribution in [3.63, 3.8) is 0 Å². The van der Waals surface area contributed by atoms with Gasteiger partial charge in [0.05, 0.1) is 12.7 Å². The molecule has 1 rings (SSSR count). The van der Waals surface area contributed by atoms with Gasteiger partial charge in [0.25, 0.3) is 0 Å². The number of carbonyl (C=O) groups is 2. The Morgan fingerprint density at radius 1 is 1.42 bits per heavy atom. The summed E-state index contributed by atoms with van der Waals surface area (Å²) < 4.78 is 16.7. The van der Waals surface area contributed by atoms with E-state index < -0.39 is 28.0 Å². The number of rotatable bonds is 6. The zero-order valence-electron chi connectivity index (χ0n) is 10.8. The van der Waals surface area contributed by atoms with E-state index in [9.17, 15) is 13.8 Å². The van der Waals surface area contributed by atoms with Gasteiger partial charge in [0.15, 0.2) is 0 Å². The molecule has 0 amide bonds. The number of hydrogen-bond donors (Lipinski definition) is 1. The summed E-state index contributed by atoms with van der Waals surface area (Å²) in [6, 6.07) is 6.21. The first-order valence-corrected chi connectivity index (χ1v) is 7.15. The molecule has 1 aromatic rings. The Kier molecular flexibility index (Phi) is 5.69. The van der Waals surface area contributed by atoms with Gasteiger partial charge in [-0.3, -0.25) is 9.00 Å². The number of hydrogen-bond acceptors (Lipinski definition) is 4. The van der Waals surface area contributed by atoms with Crippen LogP contribution in [0, 0.1) is 0 Å². The molecule has 0 aliphatic carbocycles. The average molecular weight is 284 g/mol. The summed E-state index contributed by atoms with van der Waals surface area (Å²) in [5.41, 5.74) is 0.765. The molecule has 2 unspecified atom stereocenters. The predicted octanol–water partition coefficient (Wildman–Crippen LogP) is 1.59. The number of methoxy groups -OCH3 is 1. The monoisotopic (exact) mass is 284 g/mol. The van der Waals surface area contributed by atoms with Gasteiger partial charge in [-0.2, -0.15) is 0 Å². The first-order valence-electron chi connectivity index (χ1n) is 5.76. The SMILES string of the molecule is CCC(C(=O)OC)S(=O)Cc1cccc(C(=O)O)c1. The van der Waals surface area contributed by atoms with Crippen LogP contribution in [0.5, 0.6) is 0 Å². The lowest BCUT2D eigenvalue weighted by atomic mass is 10.1. The summed E-state index contributed by atoms with van der Waals surface area (Å²) in [7, 11) is -0.171. The predicted molar refractivity (Wildman–Crippen MR) is 71.3 cm³/mol. The molecule has 0 saturated carbocycles. The topological polar surface area (TPSA) is 80.7 Å². The van der Waals surface area contributed by atoms with E-state index in [2.05, 4.69) is 4.74 Å². The minimum Gasteiger partial charge on any atom is -0.478 e. The Balaban J connectivity index is 2.84. The van der Waals surface area contributed by atoms with Crippen LogP contribution in [0.1, 0.15) is 29.3 Å². The van der Waals surface area contributed by atoms with E-state index in [0.29, 0.717) is 12.0 Å². The maximum Gasteiger partial charge on any atom is 0.335 e. The second kappa shape index (κ2) is 7.04. The highest BCUT2D eigenvalue weighted by Gasteiger charge is 2.24. The van der Waals surface area contributed by atoms with Crippen molar-refractivity contribution in [3.05, 3.63) is 35.4 Å². The van der Waals surface area contributed by atoms with Gasteiger partial charge in [0, 0.05) is 16.6 Å².